The van der Waals surface area contributed by atoms with E-state index >= 15 is 0 Å². The topological polar surface area (TPSA) is 64.9 Å². The zero-order chi connectivity index (χ0) is 16.7. The Hall–Kier alpha value is -2.18. The summed E-state index contributed by atoms with van der Waals surface area (Å²) < 4.78 is 0.726. The predicted octanol–water partition coefficient (Wildman–Crippen LogP) is 2.64. The first-order chi connectivity index (χ1) is 11.1. The standard InChI is InChI=1S/C17H18BrN3O2/c1-21(10-11-22)14-8-6-13(7-9-14)12-19-20-17(23)15-4-2-3-5-16(15)18/h2-9,12,22H,10-11H2,1H3,(H,20,23)/b19-12+. The lowest BCUT2D eigenvalue weighted by Crippen LogP contribution is -2.20. The van der Waals surface area contributed by atoms with Crippen LogP contribution in [0, 0.1) is 0 Å². The van der Waals surface area contributed by atoms with Gasteiger partial charge < -0.3 is 10.0 Å². The van der Waals surface area contributed by atoms with Crippen molar-refractivity contribution in [3.8, 4) is 0 Å². The Morgan fingerprint density at radius 1 is 1.26 bits per heavy atom. The lowest BCUT2D eigenvalue weighted by atomic mass is 10.2. The highest BCUT2D eigenvalue weighted by Crippen LogP contribution is 2.15. The van der Waals surface area contributed by atoms with E-state index in [-0.39, 0.29) is 12.5 Å². The first kappa shape index (κ1) is 17.2. The molecule has 1 amide bonds. The van der Waals surface area contributed by atoms with E-state index in [1.165, 1.54) is 0 Å². The minimum atomic E-state index is -0.270. The van der Waals surface area contributed by atoms with Crippen LogP contribution in [0.3, 0.4) is 0 Å². The van der Waals surface area contributed by atoms with E-state index < -0.39 is 0 Å². The molecule has 0 heterocycles. The largest absolute Gasteiger partial charge is 0.395 e. The molecule has 23 heavy (non-hydrogen) atoms. The quantitative estimate of drug-likeness (QED) is 0.602. The molecule has 0 aliphatic rings. The summed E-state index contributed by atoms with van der Waals surface area (Å²) in [6.07, 6.45) is 1.59. The van der Waals surface area contributed by atoms with Crippen LogP contribution in [0.15, 0.2) is 58.1 Å². The van der Waals surface area contributed by atoms with Crippen molar-refractivity contribution < 1.29 is 9.90 Å². The van der Waals surface area contributed by atoms with Gasteiger partial charge in [-0.15, -0.1) is 0 Å². The number of hydrazone groups is 1. The number of likely N-dealkylation sites (N-methyl/N-ethyl adjacent to an activating group) is 1. The van der Waals surface area contributed by atoms with E-state index in [4.69, 9.17) is 5.11 Å². The third-order valence-corrected chi connectivity index (χ3v) is 3.96. The average Bonchev–Trinajstić information content (AvgIpc) is 2.56. The third-order valence-electron chi connectivity index (χ3n) is 3.27. The third kappa shape index (κ3) is 4.91. The summed E-state index contributed by atoms with van der Waals surface area (Å²) in [5.74, 6) is -0.270. The molecule has 0 aromatic heterocycles. The van der Waals surface area contributed by atoms with Gasteiger partial charge in [0, 0.05) is 23.8 Å². The number of rotatable bonds is 6. The molecule has 0 saturated heterocycles. The second-order valence-corrected chi connectivity index (χ2v) is 5.77. The Morgan fingerprint density at radius 3 is 2.61 bits per heavy atom. The molecule has 5 nitrogen and oxygen atoms in total. The molecule has 120 valence electrons. The Bertz CT molecular complexity index is 686. The summed E-state index contributed by atoms with van der Waals surface area (Å²) in [6.45, 7) is 0.691. The van der Waals surface area contributed by atoms with Gasteiger partial charge in [-0.3, -0.25) is 4.79 Å². The van der Waals surface area contributed by atoms with Crippen LogP contribution in [0.5, 0.6) is 0 Å². The van der Waals surface area contributed by atoms with Crippen LogP contribution in [0.25, 0.3) is 0 Å². The molecule has 0 aliphatic heterocycles. The monoisotopic (exact) mass is 375 g/mol. The van der Waals surface area contributed by atoms with Crippen LogP contribution in [-0.4, -0.2) is 37.4 Å². The Labute approximate surface area is 143 Å². The molecule has 0 atom stereocenters. The zero-order valence-electron chi connectivity index (χ0n) is 12.7. The summed E-state index contributed by atoms with van der Waals surface area (Å²) in [4.78, 5) is 13.9. The lowest BCUT2D eigenvalue weighted by molar-refractivity contribution is 0.0954. The Morgan fingerprint density at radius 2 is 1.96 bits per heavy atom. The van der Waals surface area contributed by atoms with Crippen molar-refractivity contribution in [2.24, 2.45) is 5.10 Å². The van der Waals surface area contributed by atoms with Crippen molar-refractivity contribution in [1.29, 1.82) is 0 Å². The normalized spacial score (nSPS) is 10.7. The maximum Gasteiger partial charge on any atom is 0.272 e. The molecule has 0 bridgehead atoms. The maximum absolute atomic E-state index is 12.0. The molecule has 0 unspecified atom stereocenters. The van der Waals surface area contributed by atoms with Gasteiger partial charge in [0.2, 0.25) is 0 Å². The molecule has 2 rings (SSSR count). The van der Waals surface area contributed by atoms with E-state index in [9.17, 15) is 4.79 Å². The number of carbonyl (C=O) groups excluding carboxylic acids is 1. The number of hydrogen-bond acceptors (Lipinski definition) is 4. The molecule has 0 saturated carbocycles. The lowest BCUT2D eigenvalue weighted by Gasteiger charge is -2.17. The van der Waals surface area contributed by atoms with E-state index in [1.807, 2.05) is 42.3 Å². The van der Waals surface area contributed by atoms with Gasteiger partial charge in [0.1, 0.15) is 0 Å². The number of carbonyl (C=O) groups is 1. The minimum Gasteiger partial charge on any atom is -0.395 e. The zero-order valence-corrected chi connectivity index (χ0v) is 14.3. The van der Waals surface area contributed by atoms with E-state index in [2.05, 4.69) is 26.5 Å². The van der Waals surface area contributed by atoms with Gasteiger partial charge in [-0.2, -0.15) is 5.10 Å². The van der Waals surface area contributed by atoms with Gasteiger partial charge in [-0.05, 0) is 45.8 Å². The van der Waals surface area contributed by atoms with Crippen molar-refractivity contribution in [2.75, 3.05) is 25.1 Å². The summed E-state index contributed by atoms with van der Waals surface area (Å²) in [5.41, 5.74) is 4.92. The van der Waals surface area contributed by atoms with Crippen LogP contribution in [0.4, 0.5) is 5.69 Å². The fourth-order valence-electron chi connectivity index (χ4n) is 1.96. The first-order valence-corrected chi connectivity index (χ1v) is 7.91. The number of nitrogens with zero attached hydrogens (tertiary/aromatic N) is 2. The second-order valence-electron chi connectivity index (χ2n) is 4.92. The molecule has 0 spiro atoms. The van der Waals surface area contributed by atoms with Gasteiger partial charge in [-0.1, -0.05) is 24.3 Å². The van der Waals surface area contributed by atoms with Gasteiger partial charge in [0.25, 0.3) is 5.91 Å². The highest BCUT2D eigenvalue weighted by atomic mass is 79.9. The van der Waals surface area contributed by atoms with Crippen LogP contribution in [-0.2, 0) is 0 Å². The predicted molar refractivity (Wildman–Crippen MR) is 96.0 cm³/mol. The van der Waals surface area contributed by atoms with Crippen molar-refractivity contribution in [3.63, 3.8) is 0 Å². The summed E-state index contributed by atoms with van der Waals surface area (Å²) in [6, 6.07) is 14.8. The Balaban J connectivity index is 1.95. The molecule has 0 aliphatic carbocycles. The molecular weight excluding hydrogens is 358 g/mol. The average molecular weight is 376 g/mol. The van der Waals surface area contributed by atoms with Crippen LogP contribution in [0.1, 0.15) is 15.9 Å². The number of anilines is 1. The fourth-order valence-corrected chi connectivity index (χ4v) is 2.43. The van der Waals surface area contributed by atoms with Crippen LogP contribution >= 0.6 is 15.9 Å². The number of aliphatic hydroxyl groups excluding tert-OH is 1. The van der Waals surface area contributed by atoms with Crippen LogP contribution < -0.4 is 10.3 Å². The van der Waals surface area contributed by atoms with Crippen LogP contribution in [0.2, 0.25) is 0 Å². The molecule has 0 fully saturated rings. The fraction of sp³-hybridized carbons (Fsp3) is 0.176. The number of aliphatic hydroxyl groups is 1. The summed E-state index contributed by atoms with van der Waals surface area (Å²) >= 11 is 3.33. The molecule has 2 aromatic carbocycles. The maximum atomic E-state index is 12.0. The van der Waals surface area contributed by atoms with Crippen molar-refractivity contribution in [2.45, 2.75) is 0 Å². The molecular formula is C17H18BrN3O2. The SMILES string of the molecule is CN(CCO)c1ccc(/C=N/NC(=O)c2ccccc2Br)cc1. The Kier molecular flexibility index (Phi) is 6.31. The van der Waals surface area contributed by atoms with Crippen molar-refractivity contribution in [1.82, 2.24) is 5.43 Å². The van der Waals surface area contributed by atoms with Crippen molar-refractivity contribution in [3.05, 3.63) is 64.1 Å². The second kappa shape index (κ2) is 8.45. The molecule has 0 radical (unpaired) electrons. The van der Waals surface area contributed by atoms with Crippen molar-refractivity contribution >= 4 is 33.7 Å². The highest BCUT2D eigenvalue weighted by Gasteiger charge is 2.07. The number of benzene rings is 2. The van der Waals surface area contributed by atoms with E-state index in [1.54, 1.807) is 24.4 Å². The van der Waals surface area contributed by atoms with Gasteiger partial charge in [0.15, 0.2) is 0 Å². The molecule has 6 heteroatoms. The smallest absolute Gasteiger partial charge is 0.272 e. The number of hydrogen-bond donors (Lipinski definition) is 2. The van der Waals surface area contributed by atoms with Gasteiger partial charge in [0.05, 0.1) is 18.4 Å². The molecule has 2 N–H and O–H groups in total. The number of halogens is 1. The number of nitrogens with one attached hydrogen (secondary N) is 1. The van der Waals surface area contributed by atoms with E-state index in [0.29, 0.717) is 12.1 Å². The summed E-state index contributed by atoms with van der Waals surface area (Å²) in [5, 5.41) is 12.9. The van der Waals surface area contributed by atoms with E-state index in [0.717, 1.165) is 15.7 Å². The minimum absolute atomic E-state index is 0.112. The first-order valence-electron chi connectivity index (χ1n) is 7.12. The van der Waals surface area contributed by atoms with Gasteiger partial charge >= 0.3 is 0 Å². The molecule has 2 aromatic rings. The number of amides is 1. The van der Waals surface area contributed by atoms with Gasteiger partial charge in [-0.25, -0.2) is 5.43 Å². The summed E-state index contributed by atoms with van der Waals surface area (Å²) in [7, 11) is 1.91. The highest BCUT2D eigenvalue weighted by molar-refractivity contribution is 9.10.